The zero-order valence-corrected chi connectivity index (χ0v) is 30.3. The number of esters is 2. The summed E-state index contributed by atoms with van der Waals surface area (Å²) in [7, 11) is 0. The van der Waals surface area contributed by atoms with Gasteiger partial charge in [-0.15, -0.1) is 0 Å². The fourth-order valence-electron chi connectivity index (χ4n) is 6.40. The lowest BCUT2D eigenvalue weighted by atomic mass is 10.1. The first-order valence-electron chi connectivity index (χ1n) is 17.8. The van der Waals surface area contributed by atoms with Crippen LogP contribution < -0.4 is 9.96 Å². The molecule has 3 amide bonds. The maximum absolute atomic E-state index is 13.1. The van der Waals surface area contributed by atoms with Crippen LogP contribution in [0.4, 0.5) is 22.7 Å². The number of hydroxylamine groups is 1. The predicted molar refractivity (Wildman–Crippen MR) is 207 cm³/mol. The number of carbonyl (C=O) groups excluding carboxylic acids is 5. The highest BCUT2D eigenvalue weighted by Crippen LogP contribution is 2.32. The van der Waals surface area contributed by atoms with Crippen molar-refractivity contribution in [2.75, 3.05) is 9.96 Å². The molecule has 0 aromatic heterocycles. The minimum absolute atomic E-state index is 0.161. The third-order valence-electron chi connectivity index (χ3n) is 9.31. The maximum Gasteiger partial charge on any atom is 0.342 e. The van der Waals surface area contributed by atoms with Crippen molar-refractivity contribution < 1.29 is 48.5 Å². The molecule has 0 unspecified atom stereocenters. The van der Waals surface area contributed by atoms with Crippen molar-refractivity contribution in [3.8, 4) is 11.5 Å². The molecule has 2 aliphatic rings. The summed E-state index contributed by atoms with van der Waals surface area (Å²) in [5.41, 5.74) is 3.69. The van der Waals surface area contributed by atoms with E-state index in [4.69, 9.17) is 14.3 Å². The van der Waals surface area contributed by atoms with E-state index in [1.165, 1.54) is 41.5 Å². The van der Waals surface area contributed by atoms with E-state index in [0.29, 0.717) is 39.2 Å². The van der Waals surface area contributed by atoms with Crippen LogP contribution in [0, 0.1) is 0 Å². The van der Waals surface area contributed by atoms with Crippen LogP contribution in [0.3, 0.4) is 0 Å². The number of hydrogen-bond donors (Lipinski definition) is 2. The number of hydrogen-bond acceptors (Lipinski definition) is 12. The molecule has 0 saturated heterocycles. The number of phenolic OH excluding ortho intramolecular Hbond substituents is 2. The normalized spacial score (nSPS) is 13.4. The first kappa shape index (κ1) is 37.0. The van der Waals surface area contributed by atoms with Gasteiger partial charge in [0.1, 0.15) is 42.4 Å². The van der Waals surface area contributed by atoms with Gasteiger partial charge in [0, 0.05) is 5.56 Å². The molecule has 58 heavy (non-hydrogen) atoms. The second-order valence-corrected chi connectivity index (χ2v) is 13.1. The first-order chi connectivity index (χ1) is 28.1. The Balaban J connectivity index is 0.897. The van der Waals surface area contributed by atoms with Gasteiger partial charge in [0.2, 0.25) is 0 Å². The Bertz CT molecular complexity index is 2660. The average Bonchev–Trinajstić information content (AvgIpc) is 3.51. The molecule has 0 fully saturated rings. The maximum atomic E-state index is 13.1. The number of phenols is 2. The number of fused-ring (bicyclic) bond motifs is 2. The molecule has 0 radical (unpaired) electrons. The predicted octanol–water partition coefficient (Wildman–Crippen LogP) is 8.12. The zero-order chi connectivity index (χ0) is 40.3. The summed E-state index contributed by atoms with van der Waals surface area (Å²) >= 11 is 0. The highest BCUT2D eigenvalue weighted by molar-refractivity contribution is 6.34. The quantitative estimate of drug-likeness (QED) is 0.0783. The smallest absolute Gasteiger partial charge is 0.342 e. The number of rotatable bonds is 10. The molecule has 6 aromatic carbocycles. The Morgan fingerprint density at radius 3 is 1.64 bits per heavy atom. The highest BCUT2D eigenvalue weighted by Gasteiger charge is 2.36. The topological polar surface area (TPSA) is 185 Å². The molecule has 14 heteroatoms. The van der Waals surface area contributed by atoms with E-state index in [1.807, 2.05) is 12.1 Å². The van der Waals surface area contributed by atoms with Crippen LogP contribution in [0.15, 0.2) is 144 Å². The molecule has 2 heterocycles. The third kappa shape index (κ3) is 7.37. The number of nitrogens with zero attached hydrogens (tertiary/aromatic N) is 4. The van der Waals surface area contributed by atoms with Crippen LogP contribution in [-0.2, 0) is 34.1 Å². The van der Waals surface area contributed by atoms with E-state index >= 15 is 0 Å². The van der Waals surface area contributed by atoms with Gasteiger partial charge >= 0.3 is 11.9 Å². The van der Waals surface area contributed by atoms with Gasteiger partial charge in [-0.25, -0.2) is 14.5 Å². The van der Waals surface area contributed by atoms with E-state index in [0.717, 1.165) is 10.5 Å². The van der Waals surface area contributed by atoms with E-state index in [1.54, 1.807) is 84.9 Å². The molecule has 8 rings (SSSR count). The van der Waals surface area contributed by atoms with Gasteiger partial charge in [-0.2, -0.15) is 15.3 Å². The first-order valence-corrected chi connectivity index (χ1v) is 17.8. The number of amides is 3. The molecule has 0 bridgehead atoms. The Labute approximate surface area is 329 Å². The molecular formula is C44H30N4O10. The number of aromatic hydroxyl groups is 2. The summed E-state index contributed by atoms with van der Waals surface area (Å²) in [6, 6.07) is 34.8. The van der Waals surface area contributed by atoms with Crippen LogP contribution in [0.5, 0.6) is 11.5 Å². The van der Waals surface area contributed by atoms with Crippen molar-refractivity contribution in [2.24, 2.45) is 10.2 Å². The Morgan fingerprint density at radius 2 is 1.07 bits per heavy atom. The van der Waals surface area contributed by atoms with Crippen LogP contribution in [0.1, 0.15) is 68.5 Å². The van der Waals surface area contributed by atoms with Crippen LogP contribution in [0.25, 0.3) is 0 Å². The van der Waals surface area contributed by atoms with Crippen LogP contribution in [-0.4, -0.2) is 39.9 Å². The minimum Gasteiger partial charge on any atom is -0.507 e. The molecule has 0 saturated carbocycles. The van der Waals surface area contributed by atoms with E-state index in [-0.39, 0.29) is 59.7 Å². The van der Waals surface area contributed by atoms with Gasteiger partial charge < -0.3 is 19.7 Å². The standard InChI is InChI=1S/C44H30N4O10/c49-38-17-15-29(21-36(38)43(54)56-23-26-7-5-10-31(19-26)47-40(51)34-13-3-4-14-35(34)41(47)52)45-46-30-16-18-39(50)37(22-30)44(55)57-24-27-8-6-11-32(20-27)48-42(53)33-12-2-1-9-28(33)25-58-48/h1-22,49-50H,23-25H2. The molecule has 2 aliphatic heterocycles. The van der Waals surface area contributed by atoms with E-state index < -0.39 is 23.8 Å². The molecule has 2 N–H and O–H groups in total. The van der Waals surface area contributed by atoms with Gasteiger partial charge in [-0.05, 0) is 95.6 Å². The van der Waals surface area contributed by atoms with Gasteiger partial charge in [-0.3, -0.25) is 19.2 Å². The summed E-state index contributed by atoms with van der Waals surface area (Å²) in [6.07, 6.45) is 0. The zero-order valence-electron chi connectivity index (χ0n) is 30.3. The number of ether oxygens (including phenoxy) is 2. The van der Waals surface area contributed by atoms with Gasteiger partial charge in [-0.1, -0.05) is 54.6 Å². The van der Waals surface area contributed by atoms with Gasteiger partial charge in [0.25, 0.3) is 17.7 Å². The Morgan fingerprint density at radius 1 is 0.569 bits per heavy atom. The molecule has 0 atom stereocenters. The lowest BCUT2D eigenvalue weighted by Gasteiger charge is -2.27. The van der Waals surface area contributed by atoms with Crippen LogP contribution in [0.2, 0.25) is 0 Å². The fourth-order valence-corrected chi connectivity index (χ4v) is 6.40. The minimum atomic E-state index is -0.874. The van der Waals surface area contributed by atoms with Crippen molar-refractivity contribution >= 4 is 52.4 Å². The molecule has 286 valence electrons. The third-order valence-corrected chi connectivity index (χ3v) is 9.31. The summed E-state index contributed by atoms with van der Waals surface area (Å²) in [5, 5.41) is 30.4. The van der Waals surface area contributed by atoms with Gasteiger partial charge in [0.15, 0.2) is 0 Å². The average molecular weight is 775 g/mol. The Hall–Kier alpha value is -7.97. The van der Waals surface area contributed by atoms with Crippen molar-refractivity contribution in [3.05, 3.63) is 178 Å². The summed E-state index contributed by atoms with van der Waals surface area (Å²) < 4.78 is 10.9. The number of anilines is 2. The van der Waals surface area contributed by atoms with Gasteiger partial charge in [0.05, 0.1) is 33.9 Å². The number of carbonyl (C=O) groups is 5. The van der Waals surface area contributed by atoms with Crippen molar-refractivity contribution in [1.82, 2.24) is 0 Å². The summed E-state index contributed by atoms with van der Waals surface area (Å²) in [4.78, 5) is 71.8. The van der Waals surface area contributed by atoms with Crippen molar-refractivity contribution in [1.29, 1.82) is 0 Å². The fraction of sp³-hybridized carbons (Fsp3) is 0.0682. The largest absolute Gasteiger partial charge is 0.507 e. The van der Waals surface area contributed by atoms with Crippen molar-refractivity contribution in [2.45, 2.75) is 19.8 Å². The summed E-state index contributed by atoms with van der Waals surface area (Å²) in [6.45, 7) is -0.196. The molecular weight excluding hydrogens is 745 g/mol. The van der Waals surface area contributed by atoms with Crippen molar-refractivity contribution in [3.63, 3.8) is 0 Å². The number of benzene rings is 6. The number of imide groups is 1. The Kier molecular flexibility index (Phi) is 9.97. The van der Waals surface area contributed by atoms with Crippen LogP contribution >= 0.6 is 0 Å². The molecule has 14 nitrogen and oxygen atoms in total. The van der Waals surface area contributed by atoms with E-state index in [2.05, 4.69) is 10.2 Å². The highest BCUT2D eigenvalue weighted by atomic mass is 16.7. The molecule has 6 aromatic rings. The second-order valence-electron chi connectivity index (χ2n) is 13.1. The molecule has 0 aliphatic carbocycles. The lowest BCUT2D eigenvalue weighted by molar-refractivity contribution is 0.0459. The van der Waals surface area contributed by atoms with E-state index in [9.17, 15) is 34.2 Å². The summed E-state index contributed by atoms with van der Waals surface area (Å²) in [5.74, 6) is -3.68. The number of azo groups is 1. The lowest BCUT2D eigenvalue weighted by Crippen LogP contribution is -2.35. The second kappa shape index (κ2) is 15.6. The molecule has 0 spiro atoms. The SMILES string of the molecule is O=C(OCc1cccc(N2OCc3ccccc3C2=O)c1)c1cc(N=Nc2ccc(O)c(C(=O)OCc3cccc(N4C(=O)c5ccccc5C4=O)c3)c2)ccc1O. The monoisotopic (exact) mass is 774 g/mol.